The van der Waals surface area contributed by atoms with Crippen molar-refractivity contribution in [2.24, 2.45) is 17.6 Å². The fraction of sp³-hybridized carbons (Fsp3) is 0.857. The minimum Gasteiger partial charge on any atom is -0.351 e. The van der Waals surface area contributed by atoms with Gasteiger partial charge in [-0.15, -0.1) is 0 Å². The molecular weight excluding hydrogens is 242 g/mol. The second-order valence-electron chi connectivity index (χ2n) is 6.18. The van der Waals surface area contributed by atoms with E-state index in [0.29, 0.717) is 18.9 Å². The number of likely N-dealkylation sites (N-methyl/N-ethyl adjacent to an activating group) is 1. The van der Waals surface area contributed by atoms with Crippen LogP contribution < -0.4 is 11.1 Å². The summed E-state index contributed by atoms with van der Waals surface area (Å²) in [4.78, 5) is 25.4. The largest absolute Gasteiger partial charge is 0.351 e. The van der Waals surface area contributed by atoms with E-state index in [4.69, 9.17) is 5.73 Å². The minimum absolute atomic E-state index is 0.0859. The van der Waals surface area contributed by atoms with Crippen LogP contribution in [0.1, 0.15) is 39.0 Å². The Morgan fingerprint density at radius 1 is 1.37 bits per heavy atom. The lowest BCUT2D eigenvalue weighted by Crippen LogP contribution is -2.51. The molecule has 0 aromatic rings. The lowest BCUT2D eigenvalue weighted by atomic mass is 9.77. The van der Waals surface area contributed by atoms with E-state index in [9.17, 15) is 9.59 Å². The van der Waals surface area contributed by atoms with Crippen LogP contribution in [0.15, 0.2) is 0 Å². The van der Waals surface area contributed by atoms with Gasteiger partial charge in [0.05, 0.1) is 0 Å². The molecule has 2 rings (SSSR count). The van der Waals surface area contributed by atoms with Crippen molar-refractivity contribution in [3.8, 4) is 0 Å². The Bertz CT molecular complexity index is 359. The van der Waals surface area contributed by atoms with Crippen molar-refractivity contribution in [1.82, 2.24) is 10.2 Å². The predicted octanol–water partition coefficient (Wildman–Crippen LogP) is 0.487. The third-order valence-corrected chi connectivity index (χ3v) is 4.52. The number of nitrogens with two attached hydrogens (primary N) is 1. The number of nitrogens with one attached hydrogen (secondary N) is 1. The number of nitrogens with zero attached hydrogens (tertiary/aromatic N) is 1. The van der Waals surface area contributed by atoms with E-state index in [0.717, 1.165) is 25.7 Å². The summed E-state index contributed by atoms with van der Waals surface area (Å²) in [5.74, 6) is 0.754. The second-order valence-corrected chi connectivity index (χ2v) is 6.18. The Kier molecular flexibility index (Phi) is 4.45. The van der Waals surface area contributed by atoms with Crippen LogP contribution in [-0.4, -0.2) is 42.4 Å². The van der Waals surface area contributed by atoms with Gasteiger partial charge in [0.25, 0.3) is 0 Å². The topological polar surface area (TPSA) is 75.4 Å². The molecule has 108 valence electrons. The molecule has 1 heterocycles. The van der Waals surface area contributed by atoms with Crippen LogP contribution in [0.4, 0.5) is 0 Å². The first kappa shape index (κ1) is 14.3. The summed E-state index contributed by atoms with van der Waals surface area (Å²) in [7, 11) is 1.79. The molecular formula is C14H25N3O2. The first-order chi connectivity index (χ1) is 8.97. The first-order valence-electron chi connectivity index (χ1n) is 7.27. The van der Waals surface area contributed by atoms with Crippen molar-refractivity contribution in [3.63, 3.8) is 0 Å². The summed E-state index contributed by atoms with van der Waals surface area (Å²) in [6, 6.07) is 0.357. The molecule has 2 fully saturated rings. The molecule has 2 aliphatic rings. The summed E-state index contributed by atoms with van der Waals surface area (Å²) in [5, 5.41) is 3.11. The van der Waals surface area contributed by atoms with Crippen molar-refractivity contribution in [2.75, 3.05) is 13.6 Å². The van der Waals surface area contributed by atoms with E-state index in [1.807, 2.05) is 0 Å². The molecule has 1 aliphatic carbocycles. The molecule has 3 N–H and O–H groups in total. The van der Waals surface area contributed by atoms with Gasteiger partial charge in [0.1, 0.15) is 0 Å². The van der Waals surface area contributed by atoms with Crippen LogP contribution in [0.5, 0.6) is 0 Å². The summed E-state index contributed by atoms with van der Waals surface area (Å²) < 4.78 is 0. The predicted molar refractivity (Wildman–Crippen MR) is 73.3 cm³/mol. The molecule has 1 aliphatic heterocycles. The van der Waals surface area contributed by atoms with E-state index in [-0.39, 0.29) is 29.8 Å². The van der Waals surface area contributed by atoms with E-state index in [1.54, 1.807) is 11.9 Å². The van der Waals surface area contributed by atoms with E-state index in [1.165, 1.54) is 0 Å². The molecule has 4 unspecified atom stereocenters. The van der Waals surface area contributed by atoms with Crippen LogP contribution in [0.3, 0.4) is 0 Å². The van der Waals surface area contributed by atoms with E-state index >= 15 is 0 Å². The van der Waals surface area contributed by atoms with Gasteiger partial charge >= 0.3 is 0 Å². The molecule has 2 amide bonds. The number of hydrogen-bond donors (Lipinski definition) is 2. The Morgan fingerprint density at radius 2 is 2.11 bits per heavy atom. The number of carbonyl (C=O) groups excluding carboxylic acids is 2. The van der Waals surface area contributed by atoms with Crippen molar-refractivity contribution >= 4 is 11.8 Å². The molecule has 5 nitrogen and oxygen atoms in total. The molecule has 5 heteroatoms. The average Bonchev–Trinajstić information content (AvgIpc) is 2.33. The maximum atomic E-state index is 12.3. The third-order valence-electron chi connectivity index (χ3n) is 4.52. The van der Waals surface area contributed by atoms with Gasteiger partial charge in [0.2, 0.25) is 11.8 Å². The standard InChI is InChI=1S/C14H25N3O2/c1-9-7-10(15)3-5-12(9)14(19)16-11-4-6-13(18)17(2)8-11/h9-12H,3-8,15H2,1-2H3,(H,16,19). The molecule has 0 radical (unpaired) electrons. The summed E-state index contributed by atoms with van der Waals surface area (Å²) in [6.07, 6.45) is 4.05. The van der Waals surface area contributed by atoms with Crippen LogP contribution in [0.25, 0.3) is 0 Å². The lowest BCUT2D eigenvalue weighted by molar-refractivity contribution is -0.135. The van der Waals surface area contributed by atoms with Gasteiger partial charge in [-0.3, -0.25) is 9.59 Å². The van der Waals surface area contributed by atoms with Crippen LogP contribution >= 0.6 is 0 Å². The number of amides is 2. The normalized spacial score (nSPS) is 36.2. The zero-order valence-electron chi connectivity index (χ0n) is 11.9. The molecule has 0 aromatic heterocycles. The molecule has 4 atom stereocenters. The molecule has 19 heavy (non-hydrogen) atoms. The van der Waals surface area contributed by atoms with Crippen molar-refractivity contribution in [3.05, 3.63) is 0 Å². The number of carbonyl (C=O) groups is 2. The highest BCUT2D eigenvalue weighted by molar-refractivity contribution is 5.80. The smallest absolute Gasteiger partial charge is 0.223 e. The summed E-state index contributed by atoms with van der Waals surface area (Å²) in [6.45, 7) is 2.74. The van der Waals surface area contributed by atoms with Crippen molar-refractivity contribution in [1.29, 1.82) is 0 Å². The first-order valence-corrected chi connectivity index (χ1v) is 7.27. The second kappa shape index (κ2) is 5.90. The summed E-state index contributed by atoms with van der Waals surface area (Å²) in [5.41, 5.74) is 5.93. The zero-order chi connectivity index (χ0) is 14.0. The third kappa shape index (κ3) is 3.47. The molecule has 0 spiro atoms. The number of rotatable bonds is 2. The molecule has 1 saturated carbocycles. The van der Waals surface area contributed by atoms with Crippen molar-refractivity contribution < 1.29 is 9.59 Å². The van der Waals surface area contributed by atoms with Gasteiger partial charge in [0.15, 0.2) is 0 Å². The lowest BCUT2D eigenvalue weighted by Gasteiger charge is -2.35. The number of piperidine rings is 1. The van der Waals surface area contributed by atoms with Crippen LogP contribution in [0, 0.1) is 11.8 Å². The van der Waals surface area contributed by atoms with E-state index in [2.05, 4.69) is 12.2 Å². The van der Waals surface area contributed by atoms with Gasteiger partial charge in [-0.2, -0.15) is 0 Å². The quantitative estimate of drug-likeness (QED) is 0.764. The number of likely N-dealkylation sites (tertiary alicyclic amines) is 1. The highest BCUT2D eigenvalue weighted by atomic mass is 16.2. The van der Waals surface area contributed by atoms with Crippen molar-refractivity contribution in [2.45, 2.75) is 51.1 Å². The van der Waals surface area contributed by atoms with Gasteiger partial charge < -0.3 is 16.0 Å². The fourth-order valence-electron chi connectivity index (χ4n) is 3.27. The Labute approximate surface area is 114 Å². The SMILES string of the molecule is CC1CC(N)CCC1C(=O)NC1CCC(=O)N(C)C1. The van der Waals surface area contributed by atoms with Gasteiger partial charge in [0, 0.05) is 38.0 Å². The van der Waals surface area contributed by atoms with Crippen LogP contribution in [0.2, 0.25) is 0 Å². The maximum absolute atomic E-state index is 12.3. The Hall–Kier alpha value is -1.10. The Morgan fingerprint density at radius 3 is 2.74 bits per heavy atom. The van der Waals surface area contributed by atoms with Gasteiger partial charge in [-0.05, 0) is 31.6 Å². The maximum Gasteiger partial charge on any atom is 0.223 e. The molecule has 1 saturated heterocycles. The molecule has 0 bridgehead atoms. The zero-order valence-corrected chi connectivity index (χ0v) is 11.9. The number of hydrogen-bond acceptors (Lipinski definition) is 3. The fourth-order valence-corrected chi connectivity index (χ4v) is 3.27. The highest BCUT2D eigenvalue weighted by Gasteiger charge is 2.33. The monoisotopic (exact) mass is 267 g/mol. The van der Waals surface area contributed by atoms with E-state index < -0.39 is 0 Å². The Balaban J connectivity index is 1.85. The average molecular weight is 267 g/mol. The molecule has 0 aromatic carbocycles. The van der Waals surface area contributed by atoms with Gasteiger partial charge in [-0.25, -0.2) is 0 Å². The highest BCUT2D eigenvalue weighted by Crippen LogP contribution is 2.29. The van der Waals surface area contributed by atoms with Gasteiger partial charge in [-0.1, -0.05) is 6.92 Å². The van der Waals surface area contributed by atoms with Crippen LogP contribution in [-0.2, 0) is 9.59 Å². The minimum atomic E-state index is 0.0859. The summed E-state index contributed by atoms with van der Waals surface area (Å²) >= 11 is 0.